The lowest BCUT2D eigenvalue weighted by atomic mass is 9.93. The molecule has 1 aliphatic heterocycles. The molecule has 1 fully saturated rings. The van der Waals surface area contributed by atoms with Gasteiger partial charge in [-0.05, 0) is 51.0 Å². The van der Waals surface area contributed by atoms with E-state index in [1.807, 2.05) is 49.2 Å². The Balaban J connectivity index is 1.35. The van der Waals surface area contributed by atoms with Crippen LogP contribution in [0.2, 0.25) is 0 Å². The Morgan fingerprint density at radius 1 is 1.23 bits per heavy atom. The van der Waals surface area contributed by atoms with Crippen molar-refractivity contribution in [2.45, 2.75) is 46.0 Å². The molecule has 3 aromatic rings. The molecule has 1 amide bonds. The van der Waals surface area contributed by atoms with E-state index in [-0.39, 0.29) is 5.91 Å². The third-order valence-electron chi connectivity index (χ3n) is 5.59. The zero-order valence-corrected chi connectivity index (χ0v) is 19.0. The molecule has 0 spiro atoms. The van der Waals surface area contributed by atoms with Gasteiger partial charge in [0, 0.05) is 42.3 Å². The van der Waals surface area contributed by atoms with E-state index in [0.29, 0.717) is 12.3 Å². The van der Waals surface area contributed by atoms with Gasteiger partial charge in [0.25, 0.3) is 0 Å². The van der Waals surface area contributed by atoms with Gasteiger partial charge in [-0.2, -0.15) is 0 Å². The summed E-state index contributed by atoms with van der Waals surface area (Å²) in [6.45, 7) is 5.63. The minimum absolute atomic E-state index is 0.258. The van der Waals surface area contributed by atoms with Crippen molar-refractivity contribution < 1.29 is 4.79 Å². The van der Waals surface area contributed by atoms with Gasteiger partial charge in [-0.15, -0.1) is 11.3 Å². The molecule has 31 heavy (non-hydrogen) atoms. The molecule has 0 unspecified atom stereocenters. The van der Waals surface area contributed by atoms with Crippen LogP contribution in [0.1, 0.15) is 41.2 Å². The Morgan fingerprint density at radius 2 is 2.06 bits per heavy atom. The highest BCUT2D eigenvalue weighted by Crippen LogP contribution is 2.24. The molecule has 1 aliphatic rings. The zero-order valence-electron chi connectivity index (χ0n) is 18.2. The summed E-state index contributed by atoms with van der Waals surface area (Å²) >= 11 is 1.61. The lowest BCUT2D eigenvalue weighted by molar-refractivity contribution is -0.133. The Kier molecular flexibility index (Phi) is 6.92. The summed E-state index contributed by atoms with van der Waals surface area (Å²) in [5.74, 6) is 2.22. The lowest BCUT2D eigenvalue weighted by Crippen LogP contribution is -2.40. The van der Waals surface area contributed by atoms with Gasteiger partial charge in [0.2, 0.25) is 5.91 Å². The molecule has 4 rings (SSSR count). The molecule has 2 aromatic heterocycles. The number of aromatic nitrogens is 3. The number of piperidine rings is 1. The molecule has 1 atom stereocenters. The maximum atomic E-state index is 12.8. The van der Waals surface area contributed by atoms with Crippen LogP contribution in [0.5, 0.6) is 0 Å². The number of thiazole rings is 1. The molecule has 7 heteroatoms. The van der Waals surface area contributed by atoms with Crippen molar-refractivity contribution in [1.82, 2.24) is 19.9 Å². The number of carbonyl (C=O) groups is 1. The number of hydrogen-bond donors (Lipinski definition) is 1. The summed E-state index contributed by atoms with van der Waals surface area (Å²) in [7, 11) is 0. The fourth-order valence-electron chi connectivity index (χ4n) is 4.13. The van der Waals surface area contributed by atoms with E-state index in [4.69, 9.17) is 0 Å². The summed E-state index contributed by atoms with van der Waals surface area (Å²) < 4.78 is 0. The number of anilines is 2. The van der Waals surface area contributed by atoms with Gasteiger partial charge in [-0.25, -0.2) is 15.0 Å². The molecular weight excluding hydrogens is 406 g/mol. The van der Waals surface area contributed by atoms with Gasteiger partial charge in [0.1, 0.15) is 11.6 Å². The van der Waals surface area contributed by atoms with Gasteiger partial charge >= 0.3 is 0 Å². The third kappa shape index (κ3) is 6.10. The van der Waals surface area contributed by atoms with Crippen LogP contribution in [-0.4, -0.2) is 38.8 Å². The average molecular weight is 436 g/mol. The predicted molar refractivity (Wildman–Crippen MR) is 125 cm³/mol. The van der Waals surface area contributed by atoms with Crippen molar-refractivity contribution in [3.8, 4) is 0 Å². The molecule has 0 radical (unpaired) electrons. The monoisotopic (exact) mass is 435 g/mol. The Morgan fingerprint density at radius 3 is 2.84 bits per heavy atom. The van der Waals surface area contributed by atoms with Crippen molar-refractivity contribution in [2.75, 3.05) is 18.4 Å². The number of amides is 1. The molecule has 6 nitrogen and oxygen atoms in total. The van der Waals surface area contributed by atoms with Crippen LogP contribution in [0.15, 0.2) is 42.6 Å². The van der Waals surface area contributed by atoms with E-state index in [0.717, 1.165) is 66.1 Å². The maximum absolute atomic E-state index is 12.8. The molecule has 162 valence electrons. The Hall–Kier alpha value is -2.80. The number of benzene rings is 1. The van der Waals surface area contributed by atoms with E-state index in [2.05, 4.69) is 32.4 Å². The third-order valence-corrected chi connectivity index (χ3v) is 6.42. The predicted octanol–water partition coefficient (Wildman–Crippen LogP) is 4.71. The second-order valence-corrected chi connectivity index (χ2v) is 9.47. The average Bonchev–Trinajstić information content (AvgIpc) is 3.17. The first kappa shape index (κ1) is 21.4. The van der Waals surface area contributed by atoms with Gasteiger partial charge < -0.3 is 10.2 Å². The first-order chi connectivity index (χ1) is 15.0. The summed E-state index contributed by atoms with van der Waals surface area (Å²) in [4.78, 5) is 29.5. The molecule has 1 aromatic carbocycles. The van der Waals surface area contributed by atoms with Crippen molar-refractivity contribution in [3.63, 3.8) is 0 Å². The van der Waals surface area contributed by atoms with Crippen molar-refractivity contribution in [2.24, 2.45) is 5.92 Å². The lowest BCUT2D eigenvalue weighted by Gasteiger charge is -2.33. The van der Waals surface area contributed by atoms with E-state index in [9.17, 15) is 4.79 Å². The van der Waals surface area contributed by atoms with Crippen LogP contribution in [-0.2, 0) is 17.6 Å². The van der Waals surface area contributed by atoms with Crippen molar-refractivity contribution in [1.29, 1.82) is 0 Å². The van der Waals surface area contributed by atoms with Gasteiger partial charge in [-0.1, -0.05) is 30.3 Å². The van der Waals surface area contributed by atoms with Crippen LogP contribution in [0.4, 0.5) is 10.9 Å². The smallest absolute Gasteiger partial charge is 0.222 e. The molecule has 0 bridgehead atoms. The summed E-state index contributed by atoms with van der Waals surface area (Å²) in [6.07, 6.45) is 6.27. The fraction of sp³-hybridized carbons (Fsp3) is 0.417. The van der Waals surface area contributed by atoms with Crippen LogP contribution >= 0.6 is 11.3 Å². The summed E-state index contributed by atoms with van der Waals surface area (Å²) in [5.41, 5.74) is 2.24. The largest absolute Gasteiger partial charge is 0.342 e. The highest BCUT2D eigenvalue weighted by atomic mass is 32.1. The molecule has 0 aliphatic carbocycles. The Bertz CT molecular complexity index is 1020. The van der Waals surface area contributed by atoms with E-state index in [1.165, 1.54) is 5.56 Å². The SMILES string of the molecule is Cc1nc(C[C@H]2CCCN(C(=O)CCc3ccccc3)C2)cc(Nc2ncc(C)s2)n1. The van der Waals surface area contributed by atoms with Gasteiger partial charge in [0.15, 0.2) is 5.13 Å². The van der Waals surface area contributed by atoms with Gasteiger partial charge in [-0.3, -0.25) is 4.79 Å². The second-order valence-electron chi connectivity index (χ2n) is 8.23. The number of likely N-dealkylation sites (tertiary alicyclic amines) is 1. The fourth-order valence-corrected chi connectivity index (χ4v) is 4.80. The van der Waals surface area contributed by atoms with Crippen LogP contribution in [0, 0.1) is 19.8 Å². The normalized spacial score (nSPS) is 16.3. The maximum Gasteiger partial charge on any atom is 0.222 e. The standard InChI is InChI=1S/C24H29N5OS/c1-17-15-25-24(31-17)28-22-14-21(26-18(2)27-22)13-20-9-6-12-29(16-20)23(30)11-10-19-7-4-3-5-8-19/h3-5,7-8,14-15,20H,6,9-13,16H2,1-2H3,(H,25,26,27,28)/t20-/m1/s1. The van der Waals surface area contributed by atoms with E-state index >= 15 is 0 Å². The number of hydrogen-bond acceptors (Lipinski definition) is 6. The number of carbonyl (C=O) groups excluding carboxylic acids is 1. The highest BCUT2D eigenvalue weighted by Gasteiger charge is 2.24. The molecule has 1 N–H and O–H groups in total. The summed E-state index contributed by atoms with van der Waals surface area (Å²) in [5, 5.41) is 4.14. The van der Waals surface area contributed by atoms with E-state index < -0.39 is 0 Å². The van der Waals surface area contributed by atoms with Crippen LogP contribution in [0.3, 0.4) is 0 Å². The first-order valence-corrected chi connectivity index (χ1v) is 11.7. The zero-order chi connectivity index (χ0) is 21.6. The van der Waals surface area contributed by atoms with Gasteiger partial charge in [0.05, 0.1) is 0 Å². The number of nitrogens with zero attached hydrogens (tertiary/aromatic N) is 4. The Labute approximate surface area is 187 Å². The number of aryl methyl sites for hydroxylation is 3. The second kappa shape index (κ2) is 10.0. The van der Waals surface area contributed by atoms with Crippen LogP contribution < -0.4 is 5.32 Å². The molecular formula is C24H29N5OS. The minimum atomic E-state index is 0.258. The van der Waals surface area contributed by atoms with E-state index in [1.54, 1.807) is 11.3 Å². The minimum Gasteiger partial charge on any atom is -0.342 e. The number of nitrogens with one attached hydrogen (secondary N) is 1. The van der Waals surface area contributed by atoms with Crippen molar-refractivity contribution >= 4 is 28.2 Å². The number of rotatable bonds is 7. The molecule has 3 heterocycles. The highest BCUT2D eigenvalue weighted by molar-refractivity contribution is 7.15. The van der Waals surface area contributed by atoms with Crippen molar-refractivity contribution in [3.05, 3.63) is 64.6 Å². The molecule has 1 saturated heterocycles. The first-order valence-electron chi connectivity index (χ1n) is 10.9. The summed E-state index contributed by atoms with van der Waals surface area (Å²) in [6, 6.07) is 12.2. The quantitative estimate of drug-likeness (QED) is 0.582. The van der Waals surface area contributed by atoms with Crippen LogP contribution in [0.25, 0.3) is 0 Å². The molecule has 0 saturated carbocycles. The topological polar surface area (TPSA) is 71.0 Å².